The van der Waals surface area contributed by atoms with E-state index in [2.05, 4.69) is 25.1 Å². The smallest absolute Gasteiger partial charge is 0.256 e. The van der Waals surface area contributed by atoms with Gasteiger partial charge < -0.3 is 10.2 Å². The monoisotopic (exact) mass is 369 g/mol. The average molecular weight is 369 g/mol. The molecule has 1 saturated heterocycles. The van der Waals surface area contributed by atoms with E-state index in [0.717, 1.165) is 38.0 Å². The zero-order valence-corrected chi connectivity index (χ0v) is 15.3. The first-order valence-electron chi connectivity index (χ1n) is 9.57. The van der Waals surface area contributed by atoms with E-state index in [4.69, 9.17) is 0 Å². The average Bonchev–Trinajstić information content (AvgIpc) is 3.24. The highest BCUT2D eigenvalue weighted by Crippen LogP contribution is 2.25. The summed E-state index contributed by atoms with van der Waals surface area (Å²) in [7, 11) is 0. The molecule has 0 atom stereocenters. The number of carbonyl (C=O) groups excluding carboxylic acids is 1. The second kappa shape index (κ2) is 8.00. The molecule has 4 rings (SSSR count). The standard InChI is InChI=1S/C20H24FN5O/c21-16-7-5-15(6-8-16)20(27)24-18-13-19(23-14-22-18)26-11-9-25(10-12-26)17-3-1-2-4-17/h5-8,13-14,17H,1-4,9-12H2,(H,22,23,24,27). The van der Waals surface area contributed by atoms with Crippen molar-refractivity contribution in [2.75, 3.05) is 36.4 Å². The summed E-state index contributed by atoms with van der Waals surface area (Å²) < 4.78 is 13.0. The van der Waals surface area contributed by atoms with E-state index in [1.54, 1.807) is 6.07 Å². The van der Waals surface area contributed by atoms with Gasteiger partial charge in [0, 0.05) is 43.9 Å². The molecule has 7 heteroatoms. The number of piperazine rings is 1. The molecule has 1 aromatic carbocycles. The number of nitrogens with one attached hydrogen (secondary N) is 1. The molecule has 0 unspecified atom stereocenters. The number of hydrogen-bond donors (Lipinski definition) is 1. The van der Waals surface area contributed by atoms with Crippen molar-refractivity contribution < 1.29 is 9.18 Å². The molecule has 142 valence electrons. The van der Waals surface area contributed by atoms with E-state index in [1.165, 1.54) is 56.3 Å². The van der Waals surface area contributed by atoms with Crippen LogP contribution in [-0.4, -0.2) is 53.0 Å². The first kappa shape index (κ1) is 17.9. The van der Waals surface area contributed by atoms with Crippen LogP contribution in [0.1, 0.15) is 36.0 Å². The van der Waals surface area contributed by atoms with Crippen LogP contribution in [0.5, 0.6) is 0 Å². The van der Waals surface area contributed by atoms with Gasteiger partial charge in [-0.3, -0.25) is 9.69 Å². The number of rotatable bonds is 4. The van der Waals surface area contributed by atoms with E-state index in [9.17, 15) is 9.18 Å². The molecule has 0 bridgehead atoms. The van der Waals surface area contributed by atoms with Gasteiger partial charge in [0.15, 0.2) is 0 Å². The Bertz CT molecular complexity index is 783. The second-order valence-electron chi connectivity index (χ2n) is 7.18. The number of hydrogen-bond acceptors (Lipinski definition) is 5. The number of carbonyl (C=O) groups is 1. The minimum atomic E-state index is -0.368. The largest absolute Gasteiger partial charge is 0.354 e. The maximum atomic E-state index is 13.0. The number of nitrogens with zero attached hydrogens (tertiary/aromatic N) is 4. The van der Waals surface area contributed by atoms with Gasteiger partial charge in [-0.2, -0.15) is 0 Å². The third-order valence-corrected chi connectivity index (χ3v) is 5.48. The molecule has 1 aromatic heterocycles. The summed E-state index contributed by atoms with van der Waals surface area (Å²) in [5.74, 6) is 0.594. The number of aromatic nitrogens is 2. The quantitative estimate of drug-likeness (QED) is 0.898. The summed E-state index contributed by atoms with van der Waals surface area (Å²) in [4.78, 5) is 25.6. The van der Waals surface area contributed by atoms with Crippen molar-refractivity contribution in [1.82, 2.24) is 14.9 Å². The van der Waals surface area contributed by atoms with Crippen LogP contribution in [0.15, 0.2) is 36.7 Å². The lowest BCUT2D eigenvalue weighted by Crippen LogP contribution is -2.50. The lowest BCUT2D eigenvalue weighted by molar-refractivity contribution is 0.102. The molecule has 0 radical (unpaired) electrons. The van der Waals surface area contributed by atoms with E-state index in [1.807, 2.05) is 0 Å². The zero-order chi connectivity index (χ0) is 18.6. The topological polar surface area (TPSA) is 61.4 Å². The minimum absolute atomic E-state index is 0.314. The van der Waals surface area contributed by atoms with Gasteiger partial charge in [0.1, 0.15) is 23.8 Å². The number of amides is 1. The van der Waals surface area contributed by atoms with Crippen molar-refractivity contribution in [1.29, 1.82) is 0 Å². The molecule has 1 aliphatic carbocycles. The molecule has 1 saturated carbocycles. The minimum Gasteiger partial charge on any atom is -0.354 e. The van der Waals surface area contributed by atoms with Crippen LogP contribution in [0.3, 0.4) is 0 Å². The van der Waals surface area contributed by atoms with Crippen molar-refractivity contribution in [2.45, 2.75) is 31.7 Å². The molecule has 2 fully saturated rings. The van der Waals surface area contributed by atoms with Crippen LogP contribution in [0.25, 0.3) is 0 Å². The predicted octanol–water partition coefficient (Wildman–Crippen LogP) is 2.93. The number of halogens is 1. The van der Waals surface area contributed by atoms with E-state index >= 15 is 0 Å². The molecule has 1 N–H and O–H groups in total. The summed E-state index contributed by atoms with van der Waals surface area (Å²) in [6.45, 7) is 3.95. The van der Waals surface area contributed by atoms with E-state index in [-0.39, 0.29) is 11.7 Å². The van der Waals surface area contributed by atoms with Crippen molar-refractivity contribution in [3.63, 3.8) is 0 Å². The first-order valence-corrected chi connectivity index (χ1v) is 9.57. The van der Waals surface area contributed by atoms with E-state index < -0.39 is 0 Å². The molecular formula is C20H24FN5O. The molecule has 2 aromatic rings. The lowest BCUT2D eigenvalue weighted by Gasteiger charge is -2.38. The summed E-state index contributed by atoms with van der Waals surface area (Å²) in [5.41, 5.74) is 0.391. The number of benzene rings is 1. The highest BCUT2D eigenvalue weighted by Gasteiger charge is 2.26. The van der Waals surface area contributed by atoms with Crippen molar-refractivity contribution in [3.8, 4) is 0 Å². The van der Waals surface area contributed by atoms with Crippen LogP contribution in [0.2, 0.25) is 0 Å². The van der Waals surface area contributed by atoms with Crippen molar-refractivity contribution >= 4 is 17.5 Å². The summed E-state index contributed by atoms with van der Waals surface area (Å²) in [6.07, 6.45) is 6.83. The Balaban J connectivity index is 1.37. The zero-order valence-electron chi connectivity index (χ0n) is 15.3. The van der Waals surface area contributed by atoms with E-state index in [0.29, 0.717) is 11.4 Å². The Hall–Kier alpha value is -2.54. The molecule has 2 aliphatic rings. The molecule has 0 spiro atoms. The van der Waals surface area contributed by atoms with Crippen LogP contribution < -0.4 is 10.2 Å². The normalized spacial score (nSPS) is 18.6. The van der Waals surface area contributed by atoms with Crippen molar-refractivity contribution in [3.05, 3.63) is 48.0 Å². The lowest BCUT2D eigenvalue weighted by atomic mass is 10.2. The molecule has 27 heavy (non-hydrogen) atoms. The molecule has 1 amide bonds. The Morgan fingerprint density at radius 2 is 1.74 bits per heavy atom. The van der Waals surface area contributed by atoms with Crippen LogP contribution in [0, 0.1) is 5.82 Å². The Morgan fingerprint density at radius 3 is 2.44 bits per heavy atom. The summed E-state index contributed by atoms with van der Waals surface area (Å²) in [5, 5.41) is 2.76. The van der Waals surface area contributed by atoms with Crippen LogP contribution in [-0.2, 0) is 0 Å². The fraction of sp³-hybridized carbons (Fsp3) is 0.450. The van der Waals surface area contributed by atoms with Crippen molar-refractivity contribution in [2.24, 2.45) is 0 Å². The maximum Gasteiger partial charge on any atom is 0.256 e. The third kappa shape index (κ3) is 4.24. The Labute approximate surface area is 158 Å². The molecule has 6 nitrogen and oxygen atoms in total. The maximum absolute atomic E-state index is 13.0. The van der Waals surface area contributed by atoms with Crippen LogP contribution >= 0.6 is 0 Å². The molecular weight excluding hydrogens is 345 g/mol. The fourth-order valence-corrected chi connectivity index (χ4v) is 3.96. The highest BCUT2D eigenvalue weighted by molar-refractivity contribution is 6.03. The van der Waals surface area contributed by atoms with Gasteiger partial charge >= 0.3 is 0 Å². The van der Waals surface area contributed by atoms with Crippen LogP contribution in [0.4, 0.5) is 16.0 Å². The third-order valence-electron chi connectivity index (χ3n) is 5.48. The summed E-state index contributed by atoms with van der Waals surface area (Å²) >= 11 is 0. The molecule has 1 aliphatic heterocycles. The highest BCUT2D eigenvalue weighted by atomic mass is 19.1. The summed E-state index contributed by atoms with van der Waals surface area (Å²) in [6, 6.07) is 7.99. The van der Waals surface area contributed by atoms with Gasteiger partial charge in [-0.1, -0.05) is 12.8 Å². The van der Waals surface area contributed by atoms with Gasteiger partial charge in [-0.05, 0) is 37.1 Å². The number of anilines is 2. The molecule has 2 heterocycles. The predicted molar refractivity (Wildman–Crippen MR) is 102 cm³/mol. The first-order chi connectivity index (χ1) is 13.2. The van der Waals surface area contributed by atoms with Gasteiger partial charge in [0.25, 0.3) is 5.91 Å². The van der Waals surface area contributed by atoms with Gasteiger partial charge in [0.05, 0.1) is 0 Å². The van der Waals surface area contributed by atoms with Gasteiger partial charge in [0.2, 0.25) is 0 Å². The Kier molecular flexibility index (Phi) is 5.29. The second-order valence-corrected chi connectivity index (χ2v) is 7.18. The van der Waals surface area contributed by atoms with Gasteiger partial charge in [-0.25, -0.2) is 14.4 Å². The Morgan fingerprint density at radius 1 is 1.04 bits per heavy atom. The fourth-order valence-electron chi connectivity index (χ4n) is 3.96. The van der Waals surface area contributed by atoms with Gasteiger partial charge in [-0.15, -0.1) is 0 Å². The SMILES string of the molecule is O=C(Nc1cc(N2CCN(C3CCCC3)CC2)ncn1)c1ccc(F)cc1.